The van der Waals surface area contributed by atoms with Gasteiger partial charge in [-0.15, -0.1) is 0 Å². The Labute approximate surface area is 86.5 Å². The van der Waals surface area contributed by atoms with Crippen LogP contribution in [0.3, 0.4) is 0 Å². The third-order valence-electron chi connectivity index (χ3n) is 2.52. The molecule has 0 radical (unpaired) electrons. The second-order valence-corrected chi connectivity index (χ2v) is 3.91. The van der Waals surface area contributed by atoms with Crippen LogP contribution in [-0.2, 0) is 13.5 Å². The maximum Gasteiger partial charge on any atom is 0.108 e. The summed E-state index contributed by atoms with van der Waals surface area (Å²) >= 11 is 0. The van der Waals surface area contributed by atoms with Gasteiger partial charge in [-0.05, 0) is 25.4 Å². The highest BCUT2D eigenvalue weighted by Gasteiger charge is 2.06. The van der Waals surface area contributed by atoms with Crippen LogP contribution in [0.2, 0.25) is 0 Å². The Morgan fingerprint density at radius 2 is 2.36 bits per heavy atom. The molecule has 1 aromatic heterocycles. The van der Waals surface area contributed by atoms with Gasteiger partial charge in [0.15, 0.2) is 0 Å². The van der Waals surface area contributed by atoms with Gasteiger partial charge in [0.05, 0.1) is 0 Å². The maximum absolute atomic E-state index is 4.33. The van der Waals surface area contributed by atoms with Crippen molar-refractivity contribution in [1.82, 2.24) is 14.9 Å². The van der Waals surface area contributed by atoms with Gasteiger partial charge in [0.2, 0.25) is 0 Å². The molecule has 0 amide bonds. The van der Waals surface area contributed by atoms with Gasteiger partial charge in [-0.3, -0.25) is 0 Å². The Morgan fingerprint density at radius 1 is 1.57 bits per heavy atom. The zero-order valence-electron chi connectivity index (χ0n) is 9.45. The molecule has 0 fully saturated rings. The van der Waals surface area contributed by atoms with Crippen molar-refractivity contribution in [3.05, 3.63) is 18.2 Å². The number of imidazole rings is 1. The van der Waals surface area contributed by atoms with Crippen molar-refractivity contribution in [3.63, 3.8) is 0 Å². The van der Waals surface area contributed by atoms with Crippen LogP contribution >= 0.6 is 0 Å². The minimum Gasteiger partial charge on any atom is -0.338 e. The molecule has 1 heterocycles. The molecular weight excluding hydrogens is 174 g/mol. The van der Waals surface area contributed by atoms with Crippen LogP contribution in [0.1, 0.15) is 26.1 Å². The first kappa shape index (κ1) is 11.2. The molecule has 0 aliphatic heterocycles. The second kappa shape index (κ2) is 5.81. The van der Waals surface area contributed by atoms with E-state index >= 15 is 0 Å². The first-order valence-electron chi connectivity index (χ1n) is 5.41. The number of hydrogen-bond donors (Lipinski definition) is 1. The summed E-state index contributed by atoms with van der Waals surface area (Å²) in [4.78, 5) is 4.33. The summed E-state index contributed by atoms with van der Waals surface area (Å²) < 4.78 is 2.10. The summed E-state index contributed by atoms with van der Waals surface area (Å²) in [6.07, 6.45) is 6.17. The predicted molar refractivity (Wildman–Crippen MR) is 59.2 cm³/mol. The van der Waals surface area contributed by atoms with E-state index in [1.807, 2.05) is 12.4 Å². The Balaban J connectivity index is 2.27. The minimum atomic E-state index is 0.704. The monoisotopic (exact) mass is 195 g/mol. The molecule has 0 aliphatic rings. The molecule has 1 unspecified atom stereocenters. The van der Waals surface area contributed by atoms with Gasteiger partial charge >= 0.3 is 0 Å². The lowest BCUT2D eigenvalue weighted by Crippen LogP contribution is -2.18. The Hall–Kier alpha value is -0.830. The quantitative estimate of drug-likeness (QED) is 0.699. The SMILES string of the molecule is CCNCCC(C)Cc1nccn1C. The van der Waals surface area contributed by atoms with Gasteiger partial charge in [-0.1, -0.05) is 13.8 Å². The number of aryl methyl sites for hydroxylation is 1. The van der Waals surface area contributed by atoms with E-state index in [0.717, 1.165) is 19.5 Å². The molecule has 1 rings (SSSR count). The normalized spacial score (nSPS) is 13.1. The average Bonchev–Trinajstić information content (AvgIpc) is 2.52. The Kier molecular flexibility index (Phi) is 4.66. The fourth-order valence-corrected chi connectivity index (χ4v) is 1.53. The van der Waals surface area contributed by atoms with Crippen molar-refractivity contribution >= 4 is 0 Å². The second-order valence-electron chi connectivity index (χ2n) is 3.91. The molecule has 0 aliphatic carbocycles. The lowest BCUT2D eigenvalue weighted by Gasteiger charge is -2.11. The van der Waals surface area contributed by atoms with Crippen molar-refractivity contribution in [3.8, 4) is 0 Å². The van der Waals surface area contributed by atoms with Crippen molar-refractivity contribution in [1.29, 1.82) is 0 Å². The number of nitrogens with zero attached hydrogens (tertiary/aromatic N) is 2. The van der Waals surface area contributed by atoms with Crippen molar-refractivity contribution in [2.24, 2.45) is 13.0 Å². The lowest BCUT2D eigenvalue weighted by atomic mass is 10.0. The zero-order chi connectivity index (χ0) is 10.4. The molecule has 0 saturated carbocycles. The van der Waals surface area contributed by atoms with E-state index < -0.39 is 0 Å². The first-order chi connectivity index (χ1) is 6.74. The molecule has 1 N–H and O–H groups in total. The molecular formula is C11H21N3. The summed E-state index contributed by atoms with van der Waals surface area (Å²) in [6, 6.07) is 0. The minimum absolute atomic E-state index is 0.704. The van der Waals surface area contributed by atoms with E-state index in [1.165, 1.54) is 12.2 Å². The summed E-state index contributed by atoms with van der Waals surface area (Å²) in [7, 11) is 2.05. The summed E-state index contributed by atoms with van der Waals surface area (Å²) in [5.41, 5.74) is 0. The molecule has 3 nitrogen and oxygen atoms in total. The van der Waals surface area contributed by atoms with E-state index in [2.05, 4.69) is 35.8 Å². The third kappa shape index (κ3) is 3.50. The molecule has 1 atom stereocenters. The smallest absolute Gasteiger partial charge is 0.108 e. The lowest BCUT2D eigenvalue weighted by molar-refractivity contribution is 0.488. The summed E-state index contributed by atoms with van der Waals surface area (Å²) in [6.45, 7) is 6.60. The third-order valence-corrected chi connectivity index (χ3v) is 2.52. The molecule has 0 aromatic carbocycles. The molecule has 0 spiro atoms. The highest BCUT2D eigenvalue weighted by atomic mass is 15.0. The zero-order valence-corrected chi connectivity index (χ0v) is 9.45. The molecule has 0 bridgehead atoms. The Bertz CT molecular complexity index is 255. The largest absolute Gasteiger partial charge is 0.338 e. The maximum atomic E-state index is 4.33. The molecule has 80 valence electrons. The first-order valence-corrected chi connectivity index (χ1v) is 5.41. The van der Waals surface area contributed by atoms with Crippen LogP contribution in [0.25, 0.3) is 0 Å². The van der Waals surface area contributed by atoms with E-state index in [-0.39, 0.29) is 0 Å². The predicted octanol–water partition coefficient (Wildman–Crippen LogP) is 1.60. The highest BCUT2D eigenvalue weighted by Crippen LogP contribution is 2.08. The number of aromatic nitrogens is 2. The number of rotatable bonds is 6. The molecule has 3 heteroatoms. The van der Waals surface area contributed by atoms with Gasteiger partial charge in [-0.2, -0.15) is 0 Å². The summed E-state index contributed by atoms with van der Waals surface area (Å²) in [5, 5.41) is 3.35. The van der Waals surface area contributed by atoms with E-state index in [0.29, 0.717) is 5.92 Å². The van der Waals surface area contributed by atoms with Crippen LogP contribution < -0.4 is 5.32 Å². The van der Waals surface area contributed by atoms with E-state index in [1.54, 1.807) is 0 Å². The fourth-order valence-electron chi connectivity index (χ4n) is 1.53. The van der Waals surface area contributed by atoms with Gasteiger partial charge in [-0.25, -0.2) is 4.98 Å². The van der Waals surface area contributed by atoms with E-state index in [9.17, 15) is 0 Å². The van der Waals surface area contributed by atoms with Crippen LogP contribution in [0.4, 0.5) is 0 Å². The van der Waals surface area contributed by atoms with Gasteiger partial charge in [0.1, 0.15) is 5.82 Å². The van der Waals surface area contributed by atoms with Crippen molar-refractivity contribution < 1.29 is 0 Å². The van der Waals surface area contributed by atoms with Gasteiger partial charge in [0.25, 0.3) is 0 Å². The van der Waals surface area contributed by atoms with Gasteiger partial charge < -0.3 is 9.88 Å². The topological polar surface area (TPSA) is 29.9 Å². The average molecular weight is 195 g/mol. The highest BCUT2D eigenvalue weighted by molar-refractivity contribution is 4.92. The van der Waals surface area contributed by atoms with Crippen LogP contribution in [0.5, 0.6) is 0 Å². The van der Waals surface area contributed by atoms with Crippen LogP contribution in [0.15, 0.2) is 12.4 Å². The van der Waals surface area contributed by atoms with Crippen molar-refractivity contribution in [2.45, 2.75) is 26.7 Å². The van der Waals surface area contributed by atoms with Crippen LogP contribution in [0, 0.1) is 5.92 Å². The molecule has 0 saturated heterocycles. The Morgan fingerprint density at radius 3 is 2.93 bits per heavy atom. The standard InChI is InChI=1S/C11H21N3/c1-4-12-6-5-10(2)9-11-13-7-8-14(11)3/h7-8,10,12H,4-6,9H2,1-3H3. The number of hydrogen-bond acceptors (Lipinski definition) is 2. The fraction of sp³-hybridized carbons (Fsp3) is 0.727. The molecule has 14 heavy (non-hydrogen) atoms. The van der Waals surface area contributed by atoms with Crippen molar-refractivity contribution in [2.75, 3.05) is 13.1 Å². The van der Waals surface area contributed by atoms with E-state index in [4.69, 9.17) is 0 Å². The summed E-state index contributed by atoms with van der Waals surface area (Å²) in [5.74, 6) is 1.89. The van der Waals surface area contributed by atoms with Gasteiger partial charge in [0, 0.05) is 25.9 Å². The molecule has 1 aromatic rings. The van der Waals surface area contributed by atoms with Crippen LogP contribution in [-0.4, -0.2) is 22.6 Å². The number of nitrogens with one attached hydrogen (secondary N) is 1.